The average molecular weight is 362 g/mol. The van der Waals surface area contributed by atoms with E-state index < -0.39 is 0 Å². The predicted octanol–water partition coefficient (Wildman–Crippen LogP) is 2.92. The van der Waals surface area contributed by atoms with Crippen LogP contribution >= 0.6 is 11.9 Å². The van der Waals surface area contributed by atoms with Crippen LogP contribution < -0.4 is 10.6 Å². The van der Waals surface area contributed by atoms with Crippen molar-refractivity contribution in [3.8, 4) is 0 Å². The molecule has 0 unspecified atom stereocenters. The van der Waals surface area contributed by atoms with Gasteiger partial charge in [0, 0.05) is 18.0 Å². The highest BCUT2D eigenvalue weighted by Crippen LogP contribution is 2.23. The van der Waals surface area contributed by atoms with Gasteiger partial charge in [-0.15, -0.1) is 0 Å². The maximum atomic E-state index is 12.2. The number of hydrogen-bond acceptors (Lipinski definition) is 4. The molecule has 4 rings (SSSR count). The van der Waals surface area contributed by atoms with Crippen molar-refractivity contribution in [1.29, 1.82) is 0 Å². The van der Waals surface area contributed by atoms with Crippen LogP contribution in [-0.4, -0.2) is 29.5 Å². The van der Waals surface area contributed by atoms with Crippen molar-refractivity contribution in [2.45, 2.75) is 13.3 Å². The molecule has 130 valence electrons. The zero-order chi connectivity index (χ0) is 18.3. The number of amides is 2. The van der Waals surface area contributed by atoms with E-state index in [-0.39, 0.29) is 11.8 Å². The number of hydrogen-bond donors (Lipinski definition) is 0. The minimum atomic E-state index is -0.241. The summed E-state index contributed by atoms with van der Waals surface area (Å²) in [7, 11) is 1.51. The Kier molecular flexibility index (Phi) is 4.24. The molecular weight excluding hydrogens is 344 g/mol. The van der Waals surface area contributed by atoms with Crippen LogP contribution in [0.25, 0.3) is 17.7 Å². The quantitative estimate of drug-likeness (QED) is 0.479. The lowest BCUT2D eigenvalue weighted by atomic mass is 10.0. The average Bonchev–Trinajstić information content (AvgIpc) is 2.89. The zero-order valence-electron chi connectivity index (χ0n) is 14.7. The summed E-state index contributed by atoms with van der Waals surface area (Å²) in [6.07, 6.45) is 5.05. The SMILES string of the molecule is CCC1=c2c(C=Cc3ccc4c(c3)C(=O)N(C)C4=O)cccc2=NSC1. The molecule has 0 fully saturated rings. The van der Waals surface area contributed by atoms with E-state index in [9.17, 15) is 9.59 Å². The van der Waals surface area contributed by atoms with E-state index in [4.69, 9.17) is 0 Å². The Bertz CT molecular complexity index is 1090. The minimum Gasteiger partial charge on any atom is -0.277 e. The molecule has 2 aromatic carbocycles. The standard InChI is InChI=1S/C21H18N2O2S/c1-3-14-12-26-22-18-6-4-5-15(19(14)18)9-7-13-8-10-16-17(11-13)21(25)23(2)20(16)24/h4-11H,3,12H2,1-2H3. The van der Waals surface area contributed by atoms with Gasteiger partial charge in [0.2, 0.25) is 0 Å². The first-order valence-electron chi connectivity index (χ1n) is 8.55. The molecule has 5 heteroatoms. The Hall–Kier alpha value is -2.66. The van der Waals surface area contributed by atoms with Gasteiger partial charge in [-0.05, 0) is 53.3 Å². The van der Waals surface area contributed by atoms with E-state index in [1.54, 1.807) is 24.1 Å². The van der Waals surface area contributed by atoms with Gasteiger partial charge in [0.1, 0.15) is 0 Å². The molecule has 0 aromatic heterocycles. The van der Waals surface area contributed by atoms with Crippen molar-refractivity contribution < 1.29 is 9.59 Å². The van der Waals surface area contributed by atoms with Crippen molar-refractivity contribution in [3.63, 3.8) is 0 Å². The normalized spacial score (nSPS) is 16.1. The van der Waals surface area contributed by atoms with Gasteiger partial charge in [0.15, 0.2) is 0 Å². The van der Waals surface area contributed by atoms with E-state index in [1.165, 1.54) is 17.8 Å². The molecule has 2 aliphatic rings. The van der Waals surface area contributed by atoms with Crippen LogP contribution in [0.4, 0.5) is 0 Å². The van der Waals surface area contributed by atoms with E-state index >= 15 is 0 Å². The molecule has 2 aromatic rings. The lowest BCUT2D eigenvalue weighted by Gasteiger charge is -2.10. The van der Waals surface area contributed by atoms with Crippen molar-refractivity contribution in [1.82, 2.24) is 4.90 Å². The molecule has 2 amide bonds. The Morgan fingerprint density at radius 3 is 2.73 bits per heavy atom. The fourth-order valence-electron chi connectivity index (χ4n) is 3.36. The number of imide groups is 1. The van der Waals surface area contributed by atoms with Gasteiger partial charge in [0.25, 0.3) is 11.8 Å². The Morgan fingerprint density at radius 2 is 1.92 bits per heavy atom. The van der Waals surface area contributed by atoms with Crippen LogP contribution in [0.15, 0.2) is 40.8 Å². The van der Waals surface area contributed by atoms with E-state index in [0.29, 0.717) is 11.1 Å². The zero-order valence-corrected chi connectivity index (χ0v) is 15.5. The highest BCUT2D eigenvalue weighted by Gasteiger charge is 2.32. The molecule has 2 heterocycles. The number of benzene rings is 2. The number of carbonyl (C=O) groups excluding carboxylic acids is 2. The molecule has 26 heavy (non-hydrogen) atoms. The molecule has 0 saturated heterocycles. The Labute approximate surface area is 156 Å². The maximum Gasteiger partial charge on any atom is 0.261 e. The smallest absolute Gasteiger partial charge is 0.261 e. The second-order valence-corrected chi connectivity index (χ2v) is 7.10. The molecule has 4 nitrogen and oxygen atoms in total. The summed E-state index contributed by atoms with van der Waals surface area (Å²) in [4.78, 5) is 25.3. The first-order chi connectivity index (χ1) is 12.6. The first-order valence-corrected chi connectivity index (χ1v) is 9.50. The van der Waals surface area contributed by atoms with E-state index in [1.807, 2.05) is 24.3 Å². The summed E-state index contributed by atoms with van der Waals surface area (Å²) in [5, 5.41) is 2.24. The molecule has 0 N–H and O–H groups in total. The van der Waals surface area contributed by atoms with Gasteiger partial charge in [-0.2, -0.15) is 0 Å². The summed E-state index contributed by atoms with van der Waals surface area (Å²) >= 11 is 1.60. The molecule has 0 saturated carbocycles. The molecular formula is C21H18N2O2S. The molecule has 0 radical (unpaired) electrons. The lowest BCUT2D eigenvalue weighted by Crippen LogP contribution is -2.32. The topological polar surface area (TPSA) is 49.7 Å². The molecule has 0 aliphatic carbocycles. The molecule has 2 aliphatic heterocycles. The fraction of sp³-hybridized carbons (Fsp3) is 0.190. The van der Waals surface area contributed by atoms with Crippen LogP contribution in [0.2, 0.25) is 0 Å². The van der Waals surface area contributed by atoms with Crippen LogP contribution in [0.3, 0.4) is 0 Å². The summed E-state index contributed by atoms with van der Waals surface area (Å²) in [5.74, 6) is 0.449. The van der Waals surface area contributed by atoms with Crippen molar-refractivity contribution >= 4 is 41.5 Å². The first kappa shape index (κ1) is 16.8. The van der Waals surface area contributed by atoms with E-state index in [0.717, 1.165) is 33.6 Å². The van der Waals surface area contributed by atoms with Gasteiger partial charge >= 0.3 is 0 Å². The largest absolute Gasteiger partial charge is 0.277 e. The van der Waals surface area contributed by atoms with Gasteiger partial charge in [-0.25, -0.2) is 4.40 Å². The summed E-state index contributed by atoms with van der Waals surface area (Å²) < 4.78 is 4.55. The minimum absolute atomic E-state index is 0.237. The molecule has 0 bridgehead atoms. The van der Waals surface area contributed by atoms with Crippen LogP contribution in [0, 0.1) is 0 Å². The van der Waals surface area contributed by atoms with Crippen LogP contribution in [0.1, 0.15) is 45.2 Å². The third-order valence-electron chi connectivity index (χ3n) is 4.83. The van der Waals surface area contributed by atoms with Gasteiger partial charge < -0.3 is 0 Å². The van der Waals surface area contributed by atoms with Crippen molar-refractivity contribution in [2.75, 3.05) is 12.8 Å². The van der Waals surface area contributed by atoms with E-state index in [2.05, 4.69) is 23.5 Å². The second-order valence-electron chi connectivity index (χ2n) is 6.37. The molecule has 0 atom stereocenters. The van der Waals surface area contributed by atoms with Crippen LogP contribution in [0.5, 0.6) is 0 Å². The highest BCUT2D eigenvalue weighted by molar-refractivity contribution is 7.98. The fourth-order valence-corrected chi connectivity index (χ4v) is 4.22. The number of rotatable bonds is 3. The predicted molar refractivity (Wildman–Crippen MR) is 105 cm³/mol. The number of nitrogens with zero attached hydrogens (tertiary/aromatic N) is 2. The van der Waals surface area contributed by atoms with Crippen LogP contribution in [-0.2, 0) is 0 Å². The summed E-state index contributed by atoms with van der Waals surface area (Å²) in [6.45, 7) is 2.17. The third kappa shape index (κ3) is 2.69. The second kappa shape index (κ2) is 6.57. The number of fused-ring (bicyclic) bond motifs is 2. The Balaban J connectivity index is 1.76. The van der Waals surface area contributed by atoms with Gasteiger partial charge in [0.05, 0.1) is 16.5 Å². The Morgan fingerprint density at radius 1 is 1.12 bits per heavy atom. The van der Waals surface area contributed by atoms with Gasteiger partial charge in [-0.1, -0.05) is 37.3 Å². The van der Waals surface area contributed by atoms with Crippen molar-refractivity contribution in [3.05, 3.63) is 69.2 Å². The summed E-state index contributed by atoms with van der Waals surface area (Å²) in [5.41, 5.74) is 4.38. The van der Waals surface area contributed by atoms with Crippen molar-refractivity contribution in [2.24, 2.45) is 4.40 Å². The molecule has 0 spiro atoms. The lowest BCUT2D eigenvalue weighted by molar-refractivity contribution is 0.0693. The number of carbonyl (C=O) groups is 2. The third-order valence-corrected chi connectivity index (χ3v) is 5.63. The maximum absolute atomic E-state index is 12.2. The summed E-state index contributed by atoms with van der Waals surface area (Å²) in [6, 6.07) is 11.5. The van der Waals surface area contributed by atoms with Gasteiger partial charge in [-0.3, -0.25) is 14.5 Å². The monoisotopic (exact) mass is 362 g/mol. The highest BCUT2D eigenvalue weighted by atomic mass is 32.2.